The number of fused-ring (bicyclic) bond motifs is 1. The Morgan fingerprint density at radius 2 is 1.89 bits per heavy atom. The van der Waals surface area contributed by atoms with E-state index in [1.807, 2.05) is 50.2 Å². The highest BCUT2D eigenvalue weighted by Gasteiger charge is 2.27. The molecular formula is C16H14ClNO. The van der Waals surface area contributed by atoms with Crippen molar-refractivity contribution in [3.05, 3.63) is 65.0 Å². The minimum atomic E-state index is -0.342. The van der Waals surface area contributed by atoms with E-state index in [4.69, 9.17) is 16.3 Å². The van der Waals surface area contributed by atoms with Crippen LogP contribution in [-0.2, 0) is 0 Å². The maximum Gasteiger partial charge on any atom is 0.128 e. The van der Waals surface area contributed by atoms with E-state index in [1.54, 1.807) is 6.20 Å². The molecular weight excluding hydrogens is 258 g/mol. The Morgan fingerprint density at radius 3 is 2.63 bits per heavy atom. The molecule has 0 unspecified atom stereocenters. The molecule has 1 aliphatic heterocycles. The van der Waals surface area contributed by atoms with E-state index in [2.05, 4.69) is 11.1 Å². The van der Waals surface area contributed by atoms with Gasteiger partial charge in [0.1, 0.15) is 11.4 Å². The van der Waals surface area contributed by atoms with Crippen LogP contribution in [0.3, 0.4) is 0 Å². The number of hydrogen-bond donors (Lipinski definition) is 0. The Kier molecular flexibility index (Phi) is 2.83. The topological polar surface area (TPSA) is 22.1 Å². The molecule has 0 amide bonds. The number of benzene rings is 1. The fraction of sp³-hybridized carbons (Fsp3) is 0.188. The Morgan fingerprint density at radius 1 is 1.11 bits per heavy atom. The number of halogens is 1. The van der Waals surface area contributed by atoms with Gasteiger partial charge in [-0.2, -0.15) is 0 Å². The molecule has 0 aliphatic carbocycles. The van der Waals surface area contributed by atoms with Gasteiger partial charge in [-0.3, -0.25) is 4.98 Å². The van der Waals surface area contributed by atoms with Gasteiger partial charge in [-0.05, 0) is 38.1 Å². The lowest BCUT2D eigenvalue weighted by Gasteiger charge is -2.30. The number of aromatic nitrogens is 1. The third-order valence-corrected chi connectivity index (χ3v) is 3.27. The summed E-state index contributed by atoms with van der Waals surface area (Å²) >= 11 is 5.90. The van der Waals surface area contributed by atoms with Crippen LogP contribution in [0.1, 0.15) is 25.1 Å². The molecule has 0 spiro atoms. The Bertz CT molecular complexity index is 644. The second kappa shape index (κ2) is 4.39. The Hall–Kier alpha value is -1.80. The molecule has 1 aromatic carbocycles. The summed E-state index contributed by atoms with van der Waals surface area (Å²) in [5, 5.41) is 0.643. The molecule has 0 fully saturated rings. The van der Waals surface area contributed by atoms with Crippen LogP contribution in [0.15, 0.2) is 48.7 Å². The second-order valence-electron chi connectivity index (χ2n) is 5.12. The molecule has 0 radical (unpaired) electrons. The third kappa shape index (κ3) is 2.36. The number of pyridine rings is 1. The van der Waals surface area contributed by atoms with Crippen molar-refractivity contribution in [3.8, 4) is 5.75 Å². The smallest absolute Gasteiger partial charge is 0.128 e. The Labute approximate surface area is 117 Å². The summed E-state index contributed by atoms with van der Waals surface area (Å²) in [6.07, 6.45) is 3.77. The molecule has 0 bridgehead atoms. The van der Waals surface area contributed by atoms with Gasteiger partial charge < -0.3 is 4.74 Å². The van der Waals surface area contributed by atoms with Crippen LogP contribution in [0.4, 0.5) is 0 Å². The van der Waals surface area contributed by atoms with Crippen molar-refractivity contribution in [2.45, 2.75) is 19.4 Å². The molecule has 2 aromatic rings. The third-order valence-electron chi connectivity index (χ3n) is 3.05. The molecule has 3 rings (SSSR count). The molecule has 96 valence electrons. The lowest BCUT2D eigenvalue weighted by atomic mass is 9.92. The van der Waals surface area contributed by atoms with Gasteiger partial charge in [-0.1, -0.05) is 29.8 Å². The average molecular weight is 272 g/mol. The van der Waals surface area contributed by atoms with Gasteiger partial charge in [0.05, 0.1) is 10.7 Å². The van der Waals surface area contributed by atoms with Crippen LogP contribution < -0.4 is 4.74 Å². The van der Waals surface area contributed by atoms with Gasteiger partial charge in [-0.15, -0.1) is 0 Å². The predicted molar refractivity (Wildman–Crippen MR) is 77.5 cm³/mol. The van der Waals surface area contributed by atoms with Crippen molar-refractivity contribution in [1.82, 2.24) is 4.98 Å². The first-order valence-corrected chi connectivity index (χ1v) is 6.56. The van der Waals surface area contributed by atoms with Gasteiger partial charge in [-0.25, -0.2) is 0 Å². The summed E-state index contributed by atoms with van der Waals surface area (Å²) in [4.78, 5) is 4.41. The van der Waals surface area contributed by atoms with E-state index in [9.17, 15) is 0 Å². The molecule has 2 nitrogen and oxygen atoms in total. The predicted octanol–water partition coefficient (Wildman–Crippen LogP) is 4.34. The van der Waals surface area contributed by atoms with E-state index < -0.39 is 0 Å². The molecule has 19 heavy (non-hydrogen) atoms. The van der Waals surface area contributed by atoms with Gasteiger partial charge in [0, 0.05) is 17.3 Å². The highest BCUT2D eigenvalue weighted by Crippen LogP contribution is 2.38. The zero-order valence-electron chi connectivity index (χ0n) is 10.9. The van der Waals surface area contributed by atoms with E-state index in [0.717, 1.165) is 22.6 Å². The number of nitrogens with zero attached hydrogens (tertiary/aromatic N) is 1. The van der Waals surface area contributed by atoms with Gasteiger partial charge in [0.25, 0.3) is 0 Å². The van der Waals surface area contributed by atoms with E-state index in [-0.39, 0.29) is 5.60 Å². The summed E-state index contributed by atoms with van der Waals surface area (Å²) in [5.41, 5.74) is 2.72. The van der Waals surface area contributed by atoms with Crippen molar-refractivity contribution in [2.75, 3.05) is 0 Å². The lowest BCUT2D eigenvalue weighted by Crippen LogP contribution is -2.29. The quantitative estimate of drug-likeness (QED) is 0.770. The SMILES string of the molecule is CC1(C)C=C(c2ccc(Cl)cn2)c2ccccc2O1. The van der Waals surface area contributed by atoms with E-state index in [1.165, 1.54) is 0 Å². The number of para-hydroxylation sites is 1. The highest BCUT2D eigenvalue weighted by molar-refractivity contribution is 6.30. The molecule has 2 heterocycles. The van der Waals surface area contributed by atoms with Crippen molar-refractivity contribution in [3.63, 3.8) is 0 Å². The van der Waals surface area contributed by atoms with Crippen LogP contribution in [0, 0.1) is 0 Å². The summed E-state index contributed by atoms with van der Waals surface area (Å²) < 4.78 is 5.96. The summed E-state index contributed by atoms with van der Waals surface area (Å²) in [5.74, 6) is 0.891. The van der Waals surface area contributed by atoms with E-state index >= 15 is 0 Å². The van der Waals surface area contributed by atoms with Crippen molar-refractivity contribution in [2.24, 2.45) is 0 Å². The highest BCUT2D eigenvalue weighted by atomic mass is 35.5. The van der Waals surface area contributed by atoms with Gasteiger partial charge >= 0.3 is 0 Å². The molecule has 0 saturated heterocycles. The number of hydrogen-bond acceptors (Lipinski definition) is 2. The first kappa shape index (κ1) is 12.2. The largest absolute Gasteiger partial charge is 0.483 e. The van der Waals surface area contributed by atoms with Crippen LogP contribution in [0.2, 0.25) is 5.02 Å². The van der Waals surface area contributed by atoms with Crippen LogP contribution >= 0.6 is 11.6 Å². The van der Waals surface area contributed by atoms with Crippen LogP contribution in [0.25, 0.3) is 5.57 Å². The molecule has 0 atom stereocenters. The summed E-state index contributed by atoms with van der Waals surface area (Å²) in [7, 11) is 0. The molecule has 1 aromatic heterocycles. The standard InChI is InChI=1S/C16H14ClNO/c1-16(2)9-13(14-8-7-11(17)10-18-14)12-5-3-4-6-15(12)19-16/h3-10H,1-2H3. The second-order valence-corrected chi connectivity index (χ2v) is 5.56. The normalized spacial score (nSPS) is 16.3. The van der Waals surface area contributed by atoms with Crippen LogP contribution in [0.5, 0.6) is 5.75 Å². The van der Waals surface area contributed by atoms with Crippen molar-refractivity contribution < 1.29 is 4.74 Å². The maximum absolute atomic E-state index is 5.96. The minimum absolute atomic E-state index is 0.342. The number of rotatable bonds is 1. The van der Waals surface area contributed by atoms with Gasteiger partial charge in [0.2, 0.25) is 0 Å². The van der Waals surface area contributed by atoms with Crippen molar-refractivity contribution in [1.29, 1.82) is 0 Å². The summed E-state index contributed by atoms with van der Waals surface area (Å²) in [6, 6.07) is 11.8. The first-order chi connectivity index (χ1) is 9.05. The molecule has 3 heteroatoms. The fourth-order valence-corrected chi connectivity index (χ4v) is 2.38. The zero-order chi connectivity index (χ0) is 13.5. The lowest BCUT2D eigenvalue weighted by molar-refractivity contribution is 0.158. The van der Waals surface area contributed by atoms with Crippen molar-refractivity contribution >= 4 is 17.2 Å². The Balaban J connectivity index is 2.17. The zero-order valence-corrected chi connectivity index (χ0v) is 11.6. The molecule has 1 aliphatic rings. The monoisotopic (exact) mass is 271 g/mol. The summed E-state index contributed by atoms with van der Waals surface area (Å²) in [6.45, 7) is 4.08. The molecule has 0 saturated carbocycles. The van der Waals surface area contributed by atoms with E-state index in [0.29, 0.717) is 5.02 Å². The van der Waals surface area contributed by atoms with Gasteiger partial charge in [0.15, 0.2) is 0 Å². The number of ether oxygens (including phenoxy) is 1. The molecule has 0 N–H and O–H groups in total. The maximum atomic E-state index is 5.96. The fourth-order valence-electron chi connectivity index (χ4n) is 2.26. The average Bonchev–Trinajstić information content (AvgIpc) is 2.37. The first-order valence-electron chi connectivity index (χ1n) is 6.18. The van der Waals surface area contributed by atoms with Crippen LogP contribution in [-0.4, -0.2) is 10.6 Å². The minimum Gasteiger partial charge on any atom is -0.483 e.